The Hall–Kier alpha value is -2.04. The molecule has 1 aromatic carbocycles. The van der Waals surface area contributed by atoms with Gasteiger partial charge in [-0.1, -0.05) is 6.07 Å². The highest BCUT2D eigenvalue weighted by molar-refractivity contribution is 5.98. The van der Waals surface area contributed by atoms with Gasteiger partial charge in [0.15, 0.2) is 0 Å². The number of nitrogens with zero attached hydrogens (tertiary/aromatic N) is 1. The minimum Gasteiger partial charge on any atom is -0.481 e. The Morgan fingerprint density at radius 2 is 1.95 bits per heavy atom. The van der Waals surface area contributed by atoms with Crippen LogP contribution >= 0.6 is 0 Å². The van der Waals surface area contributed by atoms with E-state index in [0.717, 1.165) is 11.3 Å². The quantitative estimate of drug-likeness (QED) is 0.862. The fourth-order valence-corrected chi connectivity index (χ4v) is 2.48. The van der Waals surface area contributed by atoms with E-state index in [0.29, 0.717) is 31.5 Å². The molecule has 0 spiro atoms. The molecule has 0 saturated carbocycles. The van der Waals surface area contributed by atoms with E-state index in [9.17, 15) is 9.59 Å². The molecule has 5 heteroatoms. The maximum Gasteiger partial charge on any atom is 0.306 e. The number of nitrogens with two attached hydrogens (primary N) is 1. The minimum absolute atomic E-state index is 0.280. The molecule has 1 aromatic rings. The van der Waals surface area contributed by atoms with Crippen molar-refractivity contribution in [3.05, 3.63) is 29.3 Å². The third-order valence-electron chi connectivity index (χ3n) is 3.60. The van der Waals surface area contributed by atoms with Crippen molar-refractivity contribution in [1.29, 1.82) is 0 Å². The van der Waals surface area contributed by atoms with E-state index in [1.807, 2.05) is 24.0 Å². The van der Waals surface area contributed by atoms with Crippen LogP contribution in [-0.4, -0.2) is 30.1 Å². The normalized spacial score (nSPS) is 16.4. The highest BCUT2D eigenvalue weighted by Gasteiger charge is 2.26. The summed E-state index contributed by atoms with van der Waals surface area (Å²) < 4.78 is 0. The molecule has 1 aliphatic rings. The van der Waals surface area contributed by atoms with Crippen LogP contribution in [0, 0.1) is 12.8 Å². The fourth-order valence-electron chi connectivity index (χ4n) is 2.48. The number of carbonyl (C=O) groups excluding carboxylic acids is 1. The second-order valence-electron chi connectivity index (χ2n) is 4.98. The molecule has 102 valence electrons. The zero-order valence-corrected chi connectivity index (χ0v) is 10.9. The van der Waals surface area contributed by atoms with Gasteiger partial charge in [0.2, 0.25) is 0 Å². The van der Waals surface area contributed by atoms with Gasteiger partial charge in [-0.05, 0) is 37.5 Å². The number of anilines is 1. The predicted octanol–water partition coefficient (Wildman–Crippen LogP) is 1.39. The van der Waals surface area contributed by atoms with Gasteiger partial charge < -0.3 is 15.7 Å². The number of piperidine rings is 1. The lowest BCUT2D eigenvalue weighted by molar-refractivity contribution is -0.142. The molecule has 19 heavy (non-hydrogen) atoms. The summed E-state index contributed by atoms with van der Waals surface area (Å²) in [6, 6.07) is 5.52. The maximum absolute atomic E-state index is 11.4. The molecule has 0 bridgehead atoms. The molecule has 0 atom stereocenters. The number of rotatable bonds is 3. The van der Waals surface area contributed by atoms with Gasteiger partial charge in [-0.15, -0.1) is 0 Å². The molecule has 1 amide bonds. The topological polar surface area (TPSA) is 83.6 Å². The lowest BCUT2D eigenvalue weighted by atomic mass is 9.96. The van der Waals surface area contributed by atoms with Crippen LogP contribution in [0.15, 0.2) is 18.2 Å². The van der Waals surface area contributed by atoms with Crippen LogP contribution in [-0.2, 0) is 4.79 Å². The van der Waals surface area contributed by atoms with Crippen molar-refractivity contribution >= 4 is 17.6 Å². The highest BCUT2D eigenvalue weighted by Crippen LogP contribution is 2.27. The molecule has 1 aliphatic heterocycles. The summed E-state index contributed by atoms with van der Waals surface area (Å²) >= 11 is 0. The van der Waals surface area contributed by atoms with Gasteiger partial charge in [-0.25, -0.2) is 0 Å². The molecule has 0 aromatic heterocycles. The molecule has 0 aliphatic carbocycles. The Labute approximate surface area is 112 Å². The minimum atomic E-state index is -0.737. The lowest BCUT2D eigenvalue weighted by Gasteiger charge is -2.33. The summed E-state index contributed by atoms with van der Waals surface area (Å²) in [5.41, 5.74) is 7.76. The zero-order chi connectivity index (χ0) is 14.0. The summed E-state index contributed by atoms with van der Waals surface area (Å²) in [4.78, 5) is 24.4. The Bertz CT molecular complexity index is 505. The van der Waals surface area contributed by atoms with Crippen LogP contribution in [0.3, 0.4) is 0 Å². The molecule has 3 N–H and O–H groups in total. The number of hydrogen-bond donors (Lipinski definition) is 2. The molecular weight excluding hydrogens is 244 g/mol. The smallest absolute Gasteiger partial charge is 0.306 e. The van der Waals surface area contributed by atoms with E-state index >= 15 is 0 Å². The standard InChI is InChI=1S/C14H18N2O3/c1-9-2-3-11(13(15)17)12(8-9)16-6-4-10(5-7-16)14(18)19/h2-3,8,10H,4-7H2,1H3,(H2,15,17)(H,18,19). The molecule has 1 heterocycles. The highest BCUT2D eigenvalue weighted by atomic mass is 16.4. The fraction of sp³-hybridized carbons (Fsp3) is 0.429. The third kappa shape index (κ3) is 2.86. The average Bonchev–Trinajstić information content (AvgIpc) is 2.38. The van der Waals surface area contributed by atoms with Gasteiger partial charge in [-0.3, -0.25) is 9.59 Å². The van der Waals surface area contributed by atoms with Crippen LogP contribution in [0.2, 0.25) is 0 Å². The first kappa shape index (κ1) is 13.4. The number of aryl methyl sites for hydroxylation is 1. The summed E-state index contributed by atoms with van der Waals surface area (Å²) in [5, 5.41) is 8.99. The maximum atomic E-state index is 11.4. The largest absolute Gasteiger partial charge is 0.481 e. The van der Waals surface area contributed by atoms with Crippen LogP contribution < -0.4 is 10.6 Å². The molecule has 5 nitrogen and oxygen atoms in total. The Morgan fingerprint density at radius 3 is 2.47 bits per heavy atom. The van der Waals surface area contributed by atoms with E-state index < -0.39 is 11.9 Å². The lowest BCUT2D eigenvalue weighted by Crippen LogP contribution is -2.37. The summed E-state index contributed by atoms with van der Waals surface area (Å²) in [6.45, 7) is 3.24. The molecule has 0 radical (unpaired) electrons. The predicted molar refractivity (Wildman–Crippen MR) is 72.3 cm³/mol. The van der Waals surface area contributed by atoms with Crippen LogP contribution in [0.4, 0.5) is 5.69 Å². The second-order valence-corrected chi connectivity index (χ2v) is 4.98. The second kappa shape index (κ2) is 5.30. The van der Waals surface area contributed by atoms with Gasteiger partial charge in [-0.2, -0.15) is 0 Å². The summed E-state index contributed by atoms with van der Waals surface area (Å²) in [7, 11) is 0. The van der Waals surface area contributed by atoms with Crippen molar-refractivity contribution in [2.75, 3.05) is 18.0 Å². The van der Waals surface area contributed by atoms with Crippen molar-refractivity contribution < 1.29 is 14.7 Å². The first-order chi connectivity index (χ1) is 8.99. The van der Waals surface area contributed by atoms with Gasteiger partial charge in [0, 0.05) is 18.8 Å². The van der Waals surface area contributed by atoms with E-state index in [-0.39, 0.29) is 5.92 Å². The van der Waals surface area contributed by atoms with E-state index in [4.69, 9.17) is 10.8 Å². The first-order valence-corrected chi connectivity index (χ1v) is 6.37. The van der Waals surface area contributed by atoms with Gasteiger partial charge in [0.05, 0.1) is 11.5 Å². The Kier molecular flexibility index (Phi) is 3.74. The van der Waals surface area contributed by atoms with Crippen LogP contribution in [0.25, 0.3) is 0 Å². The number of hydrogen-bond acceptors (Lipinski definition) is 3. The Morgan fingerprint density at radius 1 is 1.32 bits per heavy atom. The van der Waals surface area contributed by atoms with Crippen molar-refractivity contribution in [3.8, 4) is 0 Å². The number of primary amides is 1. The van der Waals surface area contributed by atoms with Crippen LogP contribution in [0.1, 0.15) is 28.8 Å². The SMILES string of the molecule is Cc1ccc(C(N)=O)c(N2CCC(C(=O)O)CC2)c1. The summed E-state index contributed by atoms with van der Waals surface area (Å²) in [5.74, 6) is -1.47. The first-order valence-electron chi connectivity index (χ1n) is 6.37. The molecule has 1 saturated heterocycles. The van der Waals surface area contributed by atoms with E-state index in [1.165, 1.54) is 0 Å². The number of benzene rings is 1. The monoisotopic (exact) mass is 262 g/mol. The van der Waals surface area contributed by atoms with Crippen molar-refractivity contribution in [2.45, 2.75) is 19.8 Å². The zero-order valence-electron chi connectivity index (χ0n) is 10.9. The van der Waals surface area contributed by atoms with E-state index in [2.05, 4.69) is 0 Å². The number of carboxylic acids is 1. The van der Waals surface area contributed by atoms with E-state index in [1.54, 1.807) is 6.07 Å². The van der Waals surface area contributed by atoms with Gasteiger partial charge in [0.25, 0.3) is 5.91 Å². The van der Waals surface area contributed by atoms with Crippen molar-refractivity contribution in [2.24, 2.45) is 11.7 Å². The number of carboxylic acid groups (broad SMARTS) is 1. The van der Waals surface area contributed by atoms with Gasteiger partial charge >= 0.3 is 5.97 Å². The Balaban J connectivity index is 2.21. The summed E-state index contributed by atoms with van der Waals surface area (Å²) in [6.07, 6.45) is 1.20. The number of carbonyl (C=O) groups is 2. The molecule has 1 fully saturated rings. The molecule has 0 unspecified atom stereocenters. The average molecular weight is 262 g/mol. The number of amides is 1. The molecular formula is C14H18N2O3. The van der Waals surface area contributed by atoms with Crippen LogP contribution in [0.5, 0.6) is 0 Å². The third-order valence-corrected chi connectivity index (χ3v) is 3.60. The molecule has 2 rings (SSSR count). The van der Waals surface area contributed by atoms with Crippen molar-refractivity contribution in [3.63, 3.8) is 0 Å². The van der Waals surface area contributed by atoms with Gasteiger partial charge in [0.1, 0.15) is 0 Å². The number of aliphatic carboxylic acids is 1. The van der Waals surface area contributed by atoms with Crippen molar-refractivity contribution in [1.82, 2.24) is 0 Å².